The van der Waals surface area contributed by atoms with Crippen LogP contribution in [0.2, 0.25) is 0 Å². The predicted octanol–water partition coefficient (Wildman–Crippen LogP) is 4.31. The number of anilines is 1. The van der Waals surface area contributed by atoms with Gasteiger partial charge < -0.3 is 5.32 Å². The van der Waals surface area contributed by atoms with Crippen molar-refractivity contribution in [3.63, 3.8) is 0 Å². The Morgan fingerprint density at radius 3 is 2.27 bits per heavy atom. The molecule has 3 rings (SSSR count). The molecule has 0 aliphatic rings. The highest BCUT2D eigenvalue weighted by atomic mass is 32.2. The normalized spacial score (nSPS) is 11.8. The van der Waals surface area contributed by atoms with Crippen molar-refractivity contribution in [1.82, 2.24) is 10.3 Å². The van der Waals surface area contributed by atoms with Crippen LogP contribution in [0.25, 0.3) is 0 Å². The first-order valence-corrected chi connectivity index (χ1v) is 11.7. The zero-order valence-corrected chi connectivity index (χ0v) is 18.7. The molecular formula is C23H22F3N3O3S. The first-order valence-electron chi connectivity index (χ1n) is 9.87. The maximum absolute atomic E-state index is 12.6. The van der Waals surface area contributed by atoms with Crippen LogP contribution in [0.1, 0.15) is 32.7 Å². The van der Waals surface area contributed by atoms with Crippen LogP contribution in [0.4, 0.5) is 18.9 Å². The summed E-state index contributed by atoms with van der Waals surface area (Å²) in [5.41, 5.74) is 1.93. The highest BCUT2D eigenvalue weighted by Crippen LogP contribution is 2.27. The fraction of sp³-hybridized carbons (Fsp3) is 0.217. The molecule has 3 aromatic rings. The second-order valence-electron chi connectivity index (χ2n) is 7.54. The van der Waals surface area contributed by atoms with E-state index >= 15 is 0 Å². The summed E-state index contributed by atoms with van der Waals surface area (Å²) in [6.07, 6.45) is -2.36. The average molecular weight is 478 g/mol. The van der Waals surface area contributed by atoms with Crippen LogP contribution < -0.4 is 9.62 Å². The summed E-state index contributed by atoms with van der Waals surface area (Å²) < 4.78 is 63.7. The van der Waals surface area contributed by atoms with Gasteiger partial charge in [-0.1, -0.05) is 35.9 Å². The lowest BCUT2D eigenvalue weighted by Gasteiger charge is -2.23. The number of hydrogen-bond donors (Lipinski definition) is 1. The number of halogens is 3. The van der Waals surface area contributed by atoms with Crippen molar-refractivity contribution in [1.29, 1.82) is 0 Å². The minimum absolute atomic E-state index is 0.00541. The number of carbonyl (C=O) groups is 1. The lowest BCUT2D eigenvalue weighted by atomic mass is 10.1. The average Bonchev–Trinajstić information content (AvgIpc) is 2.75. The van der Waals surface area contributed by atoms with Crippen molar-refractivity contribution in [2.45, 2.75) is 26.2 Å². The topological polar surface area (TPSA) is 79.4 Å². The number of amides is 1. The third kappa shape index (κ3) is 6.55. The van der Waals surface area contributed by atoms with Crippen LogP contribution in [0.3, 0.4) is 0 Å². The van der Waals surface area contributed by atoms with Crippen LogP contribution >= 0.6 is 0 Å². The van der Waals surface area contributed by atoms with E-state index < -0.39 is 27.8 Å². The van der Waals surface area contributed by atoms with E-state index in [1.165, 1.54) is 34.6 Å². The van der Waals surface area contributed by atoms with Gasteiger partial charge in [-0.05, 0) is 48.4 Å². The first kappa shape index (κ1) is 24.2. The SMILES string of the molecule is Cc1cccc(CN(c2ccc(C(=O)NCc3ccc(C(F)(F)F)nc3)cc2)S(C)(=O)=O)c1. The number of carbonyl (C=O) groups excluding carboxylic acids is 1. The van der Waals surface area contributed by atoms with Gasteiger partial charge in [0.15, 0.2) is 0 Å². The molecule has 0 atom stereocenters. The van der Waals surface area contributed by atoms with Gasteiger partial charge in [0, 0.05) is 18.3 Å². The molecule has 0 aliphatic carbocycles. The third-order valence-electron chi connectivity index (χ3n) is 4.79. The predicted molar refractivity (Wildman–Crippen MR) is 119 cm³/mol. The van der Waals surface area contributed by atoms with E-state index in [0.29, 0.717) is 11.3 Å². The molecule has 10 heteroatoms. The van der Waals surface area contributed by atoms with Crippen molar-refractivity contribution in [2.75, 3.05) is 10.6 Å². The van der Waals surface area contributed by atoms with Gasteiger partial charge in [0.2, 0.25) is 10.0 Å². The number of aromatic nitrogens is 1. The second kappa shape index (κ2) is 9.62. The minimum Gasteiger partial charge on any atom is -0.348 e. The highest BCUT2D eigenvalue weighted by Gasteiger charge is 2.32. The molecule has 33 heavy (non-hydrogen) atoms. The van der Waals surface area contributed by atoms with E-state index in [2.05, 4.69) is 10.3 Å². The molecular weight excluding hydrogens is 455 g/mol. The number of nitrogens with one attached hydrogen (secondary N) is 1. The Labute approximate surface area is 190 Å². The van der Waals surface area contributed by atoms with Crippen LogP contribution in [0, 0.1) is 6.92 Å². The van der Waals surface area contributed by atoms with E-state index in [1.54, 1.807) is 0 Å². The number of nitrogens with zero attached hydrogens (tertiary/aromatic N) is 2. The maximum atomic E-state index is 12.6. The van der Waals surface area contributed by atoms with Gasteiger partial charge in [0.25, 0.3) is 5.91 Å². The molecule has 2 aromatic carbocycles. The molecule has 0 spiro atoms. The Morgan fingerprint density at radius 2 is 1.73 bits per heavy atom. The van der Waals surface area contributed by atoms with Crippen molar-refractivity contribution in [3.05, 3.63) is 94.8 Å². The summed E-state index contributed by atoms with van der Waals surface area (Å²) in [4.78, 5) is 15.8. The molecule has 1 amide bonds. The Bertz CT molecular complexity index is 1230. The quantitative estimate of drug-likeness (QED) is 0.550. The molecule has 0 saturated heterocycles. The summed E-state index contributed by atoms with van der Waals surface area (Å²) in [6, 6.07) is 15.6. The number of alkyl halides is 3. The number of rotatable bonds is 7. The van der Waals surface area contributed by atoms with Gasteiger partial charge in [0.1, 0.15) is 5.69 Å². The number of pyridine rings is 1. The summed E-state index contributed by atoms with van der Waals surface area (Å²) in [6.45, 7) is 2.06. The molecule has 6 nitrogen and oxygen atoms in total. The largest absolute Gasteiger partial charge is 0.433 e. The van der Waals surface area contributed by atoms with Crippen molar-refractivity contribution < 1.29 is 26.4 Å². The van der Waals surface area contributed by atoms with Gasteiger partial charge in [0.05, 0.1) is 18.5 Å². The first-order chi connectivity index (χ1) is 15.4. The van der Waals surface area contributed by atoms with E-state index in [-0.39, 0.29) is 18.7 Å². The van der Waals surface area contributed by atoms with E-state index in [1.807, 2.05) is 31.2 Å². The Balaban J connectivity index is 1.69. The Morgan fingerprint density at radius 1 is 1.03 bits per heavy atom. The van der Waals surface area contributed by atoms with E-state index in [4.69, 9.17) is 0 Å². The summed E-state index contributed by atoms with van der Waals surface area (Å²) in [5, 5.41) is 2.61. The van der Waals surface area contributed by atoms with E-state index in [9.17, 15) is 26.4 Å². The summed E-state index contributed by atoms with van der Waals surface area (Å²) in [7, 11) is -3.58. The van der Waals surface area contributed by atoms with E-state index in [0.717, 1.165) is 29.6 Å². The fourth-order valence-electron chi connectivity index (χ4n) is 3.14. The Kier molecular flexibility index (Phi) is 7.06. The van der Waals surface area contributed by atoms with Crippen molar-refractivity contribution >= 4 is 21.6 Å². The van der Waals surface area contributed by atoms with Gasteiger partial charge >= 0.3 is 6.18 Å². The monoisotopic (exact) mass is 477 g/mol. The molecule has 174 valence electrons. The molecule has 0 saturated carbocycles. The van der Waals surface area contributed by atoms with Crippen molar-refractivity contribution in [2.24, 2.45) is 0 Å². The maximum Gasteiger partial charge on any atom is 0.433 e. The lowest BCUT2D eigenvalue weighted by molar-refractivity contribution is -0.141. The third-order valence-corrected chi connectivity index (χ3v) is 5.94. The standard InChI is InChI=1S/C23H22F3N3O3S/c1-16-4-3-5-17(12-16)15-29(33(2,31)32)20-9-7-19(8-10-20)22(30)28-14-18-6-11-21(27-13-18)23(24,25)26/h3-13H,14-15H2,1-2H3,(H,28,30). The molecule has 1 N–H and O–H groups in total. The summed E-state index contributed by atoms with van der Waals surface area (Å²) in [5.74, 6) is -0.453. The number of aryl methyl sites for hydroxylation is 1. The van der Waals surface area contributed by atoms with Crippen LogP contribution in [-0.4, -0.2) is 25.6 Å². The fourth-order valence-corrected chi connectivity index (χ4v) is 4.02. The number of hydrogen-bond acceptors (Lipinski definition) is 4. The lowest BCUT2D eigenvalue weighted by Crippen LogP contribution is -2.29. The van der Waals surface area contributed by atoms with Gasteiger partial charge in [-0.3, -0.25) is 14.1 Å². The summed E-state index contributed by atoms with van der Waals surface area (Å²) >= 11 is 0. The molecule has 0 fully saturated rings. The van der Waals surface area contributed by atoms with Gasteiger partial charge in [-0.25, -0.2) is 8.42 Å². The molecule has 1 aromatic heterocycles. The molecule has 0 aliphatic heterocycles. The van der Waals surface area contributed by atoms with Crippen LogP contribution in [-0.2, 0) is 29.3 Å². The minimum atomic E-state index is -4.53. The molecule has 0 unspecified atom stereocenters. The zero-order valence-electron chi connectivity index (χ0n) is 17.9. The van der Waals surface area contributed by atoms with Crippen LogP contribution in [0.15, 0.2) is 66.9 Å². The van der Waals surface area contributed by atoms with Gasteiger partial charge in [-0.2, -0.15) is 13.2 Å². The molecule has 0 radical (unpaired) electrons. The smallest absolute Gasteiger partial charge is 0.348 e. The van der Waals surface area contributed by atoms with Gasteiger partial charge in [-0.15, -0.1) is 0 Å². The zero-order chi connectivity index (χ0) is 24.2. The number of sulfonamides is 1. The second-order valence-corrected chi connectivity index (χ2v) is 9.44. The Hall–Kier alpha value is -3.40. The molecule has 0 bridgehead atoms. The molecule has 1 heterocycles. The van der Waals surface area contributed by atoms with Crippen molar-refractivity contribution in [3.8, 4) is 0 Å². The number of benzene rings is 2. The highest BCUT2D eigenvalue weighted by molar-refractivity contribution is 7.92. The van der Waals surface area contributed by atoms with Crippen LogP contribution in [0.5, 0.6) is 0 Å².